The molecule has 0 atom stereocenters. The lowest BCUT2D eigenvalue weighted by molar-refractivity contribution is -0.110. The number of benzene rings is 2. The molecule has 0 aromatic heterocycles. The highest BCUT2D eigenvalue weighted by atomic mass is 16.5. The Kier molecular flexibility index (Phi) is 5.64. The third kappa shape index (κ3) is 3.27. The third-order valence-electron chi connectivity index (χ3n) is 3.69. The number of carbonyl (C=O) groups is 1. The van der Waals surface area contributed by atoms with Gasteiger partial charge in [0.1, 0.15) is 11.5 Å². The SMILES string of the molecule is CC.COc1cc(C)cc(OC)c1/C=C1/C(=O)Nc2ccccc21.[HH]. The minimum atomic E-state index is -0.120. The quantitative estimate of drug-likeness (QED) is 0.826. The summed E-state index contributed by atoms with van der Waals surface area (Å²) in [6, 6.07) is 11.5. The summed E-state index contributed by atoms with van der Waals surface area (Å²) in [4.78, 5) is 12.2. The normalized spacial score (nSPS) is 13.7. The van der Waals surface area contributed by atoms with E-state index in [0.29, 0.717) is 17.1 Å². The number of ether oxygens (including phenoxy) is 2. The van der Waals surface area contributed by atoms with Crippen molar-refractivity contribution in [3.8, 4) is 11.5 Å². The lowest BCUT2D eigenvalue weighted by Crippen LogP contribution is -2.04. The van der Waals surface area contributed by atoms with Crippen LogP contribution in [0.1, 0.15) is 32.0 Å². The molecule has 0 saturated heterocycles. The summed E-state index contributed by atoms with van der Waals surface area (Å²) in [7, 11) is 3.22. The van der Waals surface area contributed by atoms with E-state index in [1.165, 1.54) is 0 Å². The fourth-order valence-electron chi connectivity index (χ4n) is 2.64. The van der Waals surface area contributed by atoms with Crippen molar-refractivity contribution in [2.75, 3.05) is 19.5 Å². The fraction of sp³-hybridized carbons (Fsp3) is 0.250. The zero-order valence-corrected chi connectivity index (χ0v) is 14.8. The first-order valence-electron chi connectivity index (χ1n) is 7.99. The molecule has 0 unspecified atom stereocenters. The molecule has 0 saturated carbocycles. The van der Waals surface area contributed by atoms with E-state index in [-0.39, 0.29) is 7.33 Å². The van der Waals surface area contributed by atoms with Crippen LogP contribution in [0.3, 0.4) is 0 Å². The Labute approximate surface area is 144 Å². The first-order valence-corrected chi connectivity index (χ1v) is 7.99. The summed E-state index contributed by atoms with van der Waals surface area (Å²) < 4.78 is 10.9. The number of hydrogen-bond donors (Lipinski definition) is 1. The summed E-state index contributed by atoms with van der Waals surface area (Å²) in [6.45, 7) is 5.97. The maximum absolute atomic E-state index is 12.2. The second-order valence-corrected chi connectivity index (χ2v) is 5.14. The van der Waals surface area contributed by atoms with Gasteiger partial charge in [0.25, 0.3) is 5.91 Å². The van der Waals surface area contributed by atoms with Crippen LogP contribution in [0.2, 0.25) is 0 Å². The van der Waals surface area contributed by atoms with Gasteiger partial charge in [-0.2, -0.15) is 0 Å². The Morgan fingerprint density at radius 3 is 2.21 bits per heavy atom. The van der Waals surface area contributed by atoms with Gasteiger partial charge in [-0.25, -0.2) is 0 Å². The highest BCUT2D eigenvalue weighted by molar-refractivity contribution is 6.35. The summed E-state index contributed by atoms with van der Waals surface area (Å²) in [5.41, 5.74) is 4.11. The smallest absolute Gasteiger partial charge is 0.256 e. The zero-order valence-electron chi connectivity index (χ0n) is 14.8. The molecule has 3 rings (SSSR count). The van der Waals surface area contributed by atoms with Crippen LogP contribution in [0, 0.1) is 6.92 Å². The van der Waals surface area contributed by atoms with Crippen molar-refractivity contribution in [2.45, 2.75) is 20.8 Å². The number of fused-ring (bicyclic) bond motifs is 1. The lowest BCUT2D eigenvalue weighted by Gasteiger charge is -2.12. The molecule has 1 amide bonds. The summed E-state index contributed by atoms with van der Waals surface area (Å²) in [5, 5.41) is 2.87. The monoisotopic (exact) mass is 327 g/mol. The number of hydrogen-bond acceptors (Lipinski definition) is 3. The average molecular weight is 327 g/mol. The van der Waals surface area contributed by atoms with E-state index < -0.39 is 0 Å². The molecular weight excluding hydrogens is 302 g/mol. The molecule has 2 aromatic rings. The van der Waals surface area contributed by atoms with Crippen LogP contribution in [0.15, 0.2) is 36.4 Å². The Balaban J connectivity index is 0.00000101. The molecule has 0 bridgehead atoms. The summed E-state index contributed by atoms with van der Waals surface area (Å²) in [5.74, 6) is 1.24. The van der Waals surface area contributed by atoms with E-state index in [4.69, 9.17) is 9.47 Å². The standard InChI is InChI=1S/C18H17NO3.C2H6.H2/c1-11-8-16(21-2)14(17(9-11)22-3)10-13-12-6-4-5-7-15(12)19-18(13)20;1-2;/h4-10H,1-3H3,(H,19,20);1-2H3;1H/b13-10+;;. The summed E-state index contributed by atoms with van der Waals surface area (Å²) in [6.07, 6.45) is 1.82. The Morgan fingerprint density at radius 1 is 1.04 bits per heavy atom. The van der Waals surface area contributed by atoms with Crippen molar-refractivity contribution >= 4 is 23.2 Å². The molecule has 0 spiro atoms. The topological polar surface area (TPSA) is 47.6 Å². The van der Waals surface area contributed by atoms with Crippen LogP contribution in [0.4, 0.5) is 5.69 Å². The lowest BCUT2D eigenvalue weighted by atomic mass is 10.0. The van der Waals surface area contributed by atoms with Crippen molar-refractivity contribution in [3.05, 3.63) is 53.1 Å². The van der Waals surface area contributed by atoms with Gasteiger partial charge in [-0.15, -0.1) is 0 Å². The van der Waals surface area contributed by atoms with E-state index in [1.807, 2.05) is 63.2 Å². The third-order valence-corrected chi connectivity index (χ3v) is 3.69. The van der Waals surface area contributed by atoms with Gasteiger partial charge in [0, 0.05) is 18.3 Å². The van der Waals surface area contributed by atoms with Crippen molar-refractivity contribution < 1.29 is 15.7 Å². The molecule has 4 nitrogen and oxygen atoms in total. The van der Waals surface area contributed by atoms with E-state index in [1.54, 1.807) is 14.2 Å². The van der Waals surface area contributed by atoms with Crippen molar-refractivity contribution in [3.63, 3.8) is 0 Å². The molecule has 2 aromatic carbocycles. The van der Waals surface area contributed by atoms with Crippen LogP contribution < -0.4 is 14.8 Å². The van der Waals surface area contributed by atoms with Gasteiger partial charge in [0.2, 0.25) is 0 Å². The highest BCUT2D eigenvalue weighted by Crippen LogP contribution is 2.38. The average Bonchev–Trinajstić information content (AvgIpc) is 2.93. The minimum Gasteiger partial charge on any atom is -0.496 e. The van der Waals surface area contributed by atoms with Gasteiger partial charge in [-0.1, -0.05) is 32.0 Å². The van der Waals surface area contributed by atoms with Gasteiger partial charge in [-0.05, 0) is 36.8 Å². The number of anilines is 1. The summed E-state index contributed by atoms with van der Waals surface area (Å²) >= 11 is 0. The molecule has 4 heteroatoms. The van der Waals surface area contributed by atoms with Crippen LogP contribution >= 0.6 is 0 Å². The van der Waals surface area contributed by atoms with Crippen LogP contribution in [-0.4, -0.2) is 20.1 Å². The van der Waals surface area contributed by atoms with Gasteiger partial charge in [0.05, 0.1) is 19.8 Å². The van der Waals surface area contributed by atoms with Crippen LogP contribution in [0.5, 0.6) is 11.5 Å². The maximum atomic E-state index is 12.2. The number of methoxy groups -OCH3 is 2. The van der Waals surface area contributed by atoms with E-state index in [0.717, 1.165) is 22.4 Å². The second-order valence-electron chi connectivity index (χ2n) is 5.14. The molecular formula is C20H25NO3. The molecule has 0 aliphatic carbocycles. The molecule has 24 heavy (non-hydrogen) atoms. The molecule has 0 fully saturated rings. The largest absolute Gasteiger partial charge is 0.496 e. The number of amides is 1. The van der Waals surface area contributed by atoms with E-state index in [2.05, 4.69) is 5.32 Å². The molecule has 0 radical (unpaired) electrons. The number of carbonyl (C=O) groups excluding carboxylic acids is 1. The highest BCUT2D eigenvalue weighted by Gasteiger charge is 2.24. The first kappa shape index (κ1) is 17.6. The van der Waals surface area contributed by atoms with Gasteiger partial charge < -0.3 is 14.8 Å². The zero-order chi connectivity index (χ0) is 17.7. The van der Waals surface area contributed by atoms with Gasteiger partial charge in [-0.3, -0.25) is 4.79 Å². The fourth-order valence-corrected chi connectivity index (χ4v) is 2.64. The number of para-hydroxylation sites is 1. The Morgan fingerprint density at radius 2 is 1.62 bits per heavy atom. The van der Waals surface area contributed by atoms with Gasteiger partial charge >= 0.3 is 0 Å². The second kappa shape index (κ2) is 7.68. The maximum Gasteiger partial charge on any atom is 0.256 e. The minimum absolute atomic E-state index is 0. The number of rotatable bonds is 3. The van der Waals surface area contributed by atoms with Crippen molar-refractivity contribution in [2.24, 2.45) is 0 Å². The molecule has 1 aliphatic rings. The van der Waals surface area contributed by atoms with Crippen molar-refractivity contribution in [1.82, 2.24) is 0 Å². The first-order chi connectivity index (χ1) is 11.6. The predicted molar refractivity (Wildman–Crippen MR) is 101 cm³/mol. The van der Waals surface area contributed by atoms with Crippen LogP contribution in [0.25, 0.3) is 11.6 Å². The predicted octanol–water partition coefficient (Wildman–Crippen LogP) is 4.78. The number of aryl methyl sites for hydroxylation is 1. The molecule has 1 N–H and O–H groups in total. The molecule has 128 valence electrons. The number of nitrogens with one attached hydrogen (secondary N) is 1. The Hall–Kier alpha value is -2.75. The van der Waals surface area contributed by atoms with E-state index in [9.17, 15) is 4.79 Å². The molecule has 1 heterocycles. The van der Waals surface area contributed by atoms with Gasteiger partial charge in [0.15, 0.2) is 0 Å². The van der Waals surface area contributed by atoms with Crippen LogP contribution in [-0.2, 0) is 4.79 Å². The van der Waals surface area contributed by atoms with Crippen molar-refractivity contribution in [1.29, 1.82) is 0 Å². The molecule has 1 aliphatic heterocycles. The Bertz CT molecular complexity index is 759. The van der Waals surface area contributed by atoms with E-state index >= 15 is 0 Å².